The molecule has 2 aromatic carbocycles. The van der Waals surface area contributed by atoms with Crippen molar-refractivity contribution in [3.8, 4) is 0 Å². The van der Waals surface area contributed by atoms with Gasteiger partial charge in [-0.15, -0.1) is 0 Å². The summed E-state index contributed by atoms with van der Waals surface area (Å²) >= 11 is 3.14. The molecule has 0 unspecified atom stereocenters. The summed E-state index contributed by atoms with van der Waals surface area (Å²) in [6.45, 7) is 0.752. The van der Waals surface area contributed by atoms with E-state index in [1.54, 1.807) is 6.07 Å². The highest BCUT2D eigenvalue weighted by molar-refractivity contribution is 9.10. The molecule has 1 N–H and O–H groups in total. The molecule has 28 heavy (non-hydrogen) atoms. The van der Waals surface area contributed by atoms with Crippen LogP contribution in [-0.2, 0) is 6.54 Å². The van der Waals surface area contributed by atoms with Crippen LogP contribution in [-0.4, -0.2) is 28.8 Å². The number of halogens is 1. The van der Waals surface area contributed by atoms with Gasteiger partial charge in [-0.05, 0) is 59.6 Å². The van der Waals surface area contributed by atoms with Gasteiger partial charge in [0.05, 0.1) is 9.40 Å². The molecule has 1 saturated carbocycles. The second-order valence-electron chi connectivity index (χ2n) is 7.24. The van der Waals surface area contributed by atoms with Gasteiger partial charge in [0.1, 0.15) is 0 Å². The van der Waals surface area contributed by atoms with Crippen molar-refractivity contribution in [2.75, 3.05) is 12.4 Å². The van der Waals surface area contributed by atoms with Crippen LogP contribution in [0.1, 0.15) is 48.0 Å². The second-order valence-corrected chi connectivity index (χ2v) is 8.10. The van der Waals surface area contributed by atoms with Gasteiger partial charge in [-0.3, -0.25) is 19.8 Å². The minimum Gasteiger partial charge on any atom is -0.322 e. The van der Waals surface area contributed by atoms with Crippen LogP contribution in [0, 0.1) is 10.1 Å². The number of nitrogens with one attached hydrogen (secondary N) is 1. The van der Waals surface area contributed by atoms with Crippen LogP contribution >= 0.6 is 15.9 Å². The number of carbonyl (C=O) groups is 1. The number of para-hydroxylation sites is 1. The van der Waals surface area contributed by atoms with E-state index in [9.17, 15) is 14.9 Å². The maximum absolute atomic E-state index is 12.7. The Kier molecular flexibility index (Phi) is 6.80. The highest BCUT2D eigenvalue weighted by Gasteiger charge is 2.20. The molecule has 0 aliphatic heterocycles. The summed E-state index contributed by atoms with van der Waals surface area (Å²) in [6, 6.07) is 12.7. The molecule has 2 aromatic rings. The number of rotatable bonds is 6. The molecule has 3 rings (SSSR count). The Labute approximate surface area is 173 Å². The highest BCUT2D eigenvalue weighted by atomic mass is 79.9. The first-order valence-corrected chi connectivity index (χ1v) is 10.3. The number of hydrogen-bond donors (Lipinski definition) is 1. The van der Waals surface area contributed by atoms with Crippen molar-refractivity contribution in [3.63, 3.8) is 0 Å². The normalized spacial score (nSPS) is 14.8. The van der Waals surface area contributed by atoms with Crippen LogP contribution in [0.3, 0.4) is 0 Å². The molecule has 1 aliphatic carbocycles. The smallest absolute Gasteiger partial charge is 0.284 e. The Morgan fingerprint density at radius 2 is 1.93 bits per heavy atom. The third-order valence-corrected chi connectivity index (χ3v) is 5.96. The maximum atomic E-state index is 12.7. The fourth-order valence-electron chi connectivity index (χ4n) is 3.69. The van der Waals surface area contributed by atoms with E-state index in [2.05, 4.69) is 33.2 Å². The summed E-state index contributed by atoms with van der Waals surface area (Å²) < 4.78 is 0.351. The van der Waals surface area contributed by atoms with E-state index in [1.165, 1.54) is 44.2 Å². The van der Waals surface area contributed by atoms with Crippen LogP contribution in [0.4, 0.5) is 11.4 Å². The molecular weight excluding hydrogens is 422 g/mol. The topological polar surface area (TPSA) is 75.5 Å². The van der Waals surface area contributed by atoms with E-state index in [4.69, 9.17) is 0 Å². The molecule has 0 bridgehead atoms. The predicted molar refractivity (Wildman–Crippen MR) is 114 cm³/mol. The van der Waals surface area contributed by atoms with Gasteiger partial charge in [0, 0.05) is 29.9 Å². The summed E-state index contributed by atoms with van der Waals surface area (Å²) in [5.74, 6) is -0.358. The van der Waals surface area contributed by atoms with E-state index < -0.39 is 4.92 Å². The van der Waals surface area contributed by atoms with Crippen molar-refractivity contribution >= 4 is 33.2 Å². The van der Waals surface area contributed by atoms with Gasteiger partial charge in [0.2, 0.25) is 0 Å². The SMILES string of the molecule is CN(Cc1ccccc1NC(=O)c1ccc(Br)c([N+](=O)[O-])c1)C1CCCCC1. The zero-order chi connectivity index (χ0) is 20.1. The molecule has 0 radical (unpaired) electrons. The van der Waals surface area contributed by atoms with E-state index >= 15 is 0 Å². The maximum Gasteiger partial charge on any atom is 0.284 e. The van der Waals surface area contributed by atoms with E-state index in [0.717, 1.165) is 17.8 Å². The van der Waals surface area contributed by atoms with Crippen LogP contribution in [0.5, 0.6) is 0 Å². The quantitative estimate of drug-likeness (QED) is 0.478. The molecule has 0 aromatic heterocycles. The van der Waals surface area contributed by atoms with Gasteiger partial charge in [0.15, 0.2) is 0 Å². The first kappa shape index (κ1) is 20.5. The number of carbonyl (C=O) groups excluding carboxylic acids is 1. The lowest BCUT2D eigenvalue weighted by molar-refractivity contribution is -0.385. The van der Waals surface area contributed by atoms with Crippen LogP contribution in [0.15, 0.2) is 46.9 Å². The predicted octanol–water partition coefficient (Wildman–Crippen LogP) is 5.37. The summed E-state index contributed by atoms with van der Waals surface area (Å²) in [5, 5.41) is 14.0. The molecule has 0 saturated heterocycles. The van der Waals surface area contributed by atoms with Crippen LogP contribution in [0.25, 0.3) is 0 Å². The van der Waals surface area contributed by atoms with E-state index in [0.29, 0.717) is 10.5 Å². The Balaban J connectivity index is 1.75. The molecule has 0 spiro atoms. The summed E-state index contributed by atoms with van der Waals surface area (Å²) in [6.07, 6.45) is 6.29. The van der Waals surface area contributed by atoms with Crippen molar-refractivity contribution in [2.24, 2.45) is 0 Å². The molecule has 0 heterocycles. The average molecular weight is 446 g/mol. The standard InChI is InChI=1S/C21H24BrN3O3/c1-24(17-8-3-2-4-9-17)14-16-7-5-6-10-19(16)23-21(26)15-11-12-18(22)20(13-15)25(27)28/h5-7,10-13,17H,2-4,8-9,14H2,1H3,(H,23,26). The number of nitro groups is 1. The molecular formula is C21H24BrN3O3. The Hall–Kier alpha value is -2.25. The monoisotopic (exact) mass is 445 g/mol. The lowest BCUT2D eigenvalue weighted by Gasteiger charge is -2.31. The van der Waals surface area contributed by atoms with Crippen LogP contribution < -0.4 is 5.32 Å². The zero-order valence-corrected chi connectivity index (χ0v) is 17.4. The largest absolute Gasteiger partial charge is 0.322 e. The van der Waals surface area contributed by atoms with Gasteiger partial charge in [0.25, 0.3) is 11.6 Å². The molecule has 148 valence electrons. The molecule has 7 heteroatoms. The number of nitrogens with zero attached hydrogens (tertiary/aromatic N) is 2. The van der Waals surface area contributed by atoms with Gasteiger partial charge < -0.3 is 5.32 Å². The van der Waals surface area contributed by atoms with Crippen molar-refractivity contribution in [1.82, 2.24) is 4.90 Å². The fraction of sp³-hybridized carbons (Fsp3) is 0.381. The minimum absolute atomic E-state index is 0.127. The molecule has 1 amide bonds. The molecule has 6 nitrogen and oxygen atoms in total. The number of amides is 1. The second kappa shape index (κ2) is 9.30. The Morgan fingerprint density at radius 3 is 2.64 bits per heavy atom. The van der Waals surface area contributed by atoms with Gasteiger partial charge in [-0.25, -0.2) is 0 Å². The number of anilines is 1. The van der Waals surface area contributed by atoms with Crippen molar-refractivity contribution < 1.29 is 9.72 Å². The van der Waals surface area contributed by atoms with Gasteiger partial charge in [-0.1, -0.05) is 37.5 Å². The summed E-state index contributed by atoms with van der Waals surface area (Å²) in [7, 11) is 2.13. The van der Waals surface area contributed by atoms with Crippen molar-refractivity contribution in [3.05, 3.63) is 68.2 Å². The highest BCUT2D eigenvalue weighted by Crippen LogP contribution is 2.27. The number of nitro benzene ring substituents is 1. The zero-order valence-electron chi connectivity index (χ0n) is 15.9. The van der Waals surface area contributed by atoms with E-state index in [-0.39, 0.29) is 17.2 Å². The van der Waals surface area contributed by atoms with Crippen molar-refractivity contribution in [2.45, 2.75) is 44.7 Å². The van der Waals surface area contributed by atoms with Gasteiger partial charge in [-0.2, -0.15) is 0 Å². The third kappa shape index (κ3) is 4.97. The first-order chi connectivity index (χ1) is 13.5. The third-order valence-electron chi connectivity index (χ3n) is 5.29. The van der Waals surface area contributed by atoms with Crippen molar-refractivity contribution in [1.29, 1.82) is 0 Å². The lowest BCUT2D eigenvalue weighted by Crippen LogP contribution is -2.33. The Morgan fingerprint density at radius 1 is 1.21 bits per heavy atom. The number of benzene rings is 2. The molecule has 0 atom stereocenters. The van der Waals surface area contributed by atoms with E-state index in [1.807, 2.05) is 24.3 Å². The van der Waals surface area contributed by atoms with Crippen LogP contribution in [0.2, 0.25) is 0 Å². The molecule has 1 fully saturated rings. The minimum atomic E-state index is -0.506. The fourth-order valence-corrected chi connectivity index (χ4v) is 4.08. The Bertz CT molecular complexity index is 866. The summed E-state index contributed by atoms with van der Waals surface area (Å²) in [5.41, 5.74) is 1.90. The first-order valence-electron chi connectivity index (χ1n) is 9.49. The summed E-state index contributed by atoms with van der Waals surface area (Å²) in [4.78, 5) is 25.6. The number of hydrogen-bond acceptors (Lipinski definition) is 4. The average Bonchev–Trinajstić information content (AvgIpc) is 2.70. The lowest BCUT2D eigenvalue weighted by atomic mass is 9.94. The van der Waals surface area contributed by atoms with Gasteiger partial charge >= 0.3 is 0 Å². The molecule has 1 aliphatic rings.